The summed E-state index contributed by atoms with van der Waals surface area (Å²) in [5.41, 5.74) is 1.60. The van der Waals surface area contributed by atoms with Crippen molar-refractivity contribution >= 4 is 46.7 Å². The number of imide groups is 1. The van der Waals surface area contributed by atoms with Crippen LogP contribution >= 0.6 is 23.5 Å². The molecule has 12 heteroatoms. The lowest BCUT2D eigenvalue weighted by molar-refractivity contribution is -0.123. The zero-order valence-electron chi connectivity index (χ0n) is 18.6. The number of amides is 3. The molecule has 0 atom stereocenters. The molecule has 1 aliphatic rings. The number of hydrogen-bond acceptors (Lipinski definition) is 9. The molecular weight excluding hydrogens is 476 g/mol. The summed E-state index contributed by atoms with van der Waals surface area (Å²) in [5, 5.41) is 11.5. The van der Waals surface area contributed by atoms with Gasteiger partial charge in [-0.1, -0.05) is 17.8 Å². The number of nitrogens with one attached hydrogen (secondary N) is 1. The number of hydrogen-bond donors (Lipinski definition) is 1. The lowest BCUT2D eigenvalue weighted by Gasteiger charge is -2.13. The van der Waals surface area contributed by atoms with Crippen LogP contribution in [0.4, 0.5) is 4.79 Å². The molecule has 0 unspecified atom stereocenters. The Morgan fingerprint density at radius 3 is 2.85 bits per heavy atom. The quantitative estimate of drug-likeness (QED) is 0.350. The maximum atomic E-state index is 12.6. The van der Waals surface area contributed by atoms with E-state index in [1.165, 1.54) is 11.8 Å². The summed E-state index contributed by atoms with van der Waals surface area (Å²) in [4.78, 5) is 42.6. The number of rotatable bonds is 9. The van der Waals surface area contributed by atoms with Gasteiger partial charge in [-0.15, -0.1) is 10.2 Å². The molecule has 1 fully saturated rings. The highest BCUT2D eigenvalue weighted by Gasteiger charge is 2.34. The third kappa shape index (κ3) is 5.23. The minimum absolute atomic E-state index is 0.0977. The molecule has 0 bridgehead atoms. The zero-order chi connectivity index (χ0) is 24.1. The first-order valence-electron chi connectivity index (χ1n) is 10.5. The number of aromatic nitrogens is 4. The molecule has 3 aromatic heterocycles. The maximum Gasteiger partial charge on any atom is 0.293 e. The van der Waals surface area contributed by atoms with E-state index in [2.05, 4.69) is 20.5 Å². The van der Waals surface area contributed by atoms with E-state index in [0.717, 1.165) is 33.5 Å². The average Bonchev–Trinajstić information content (AvgIpc) is 3.51. The minimum Gasteiger partial charge on any atom is -0.469 e. The first-order chi connectivity index (χ1) is 16.5. The molecule has 0 aliphatic carbocycles. The molecule has 1 aliphatic heterocycles. The number of carbonyl (C=O) groups is 3. The third-order valence-corrected chi connectivity index (χ3v) is 6.85. The third-order valence-electron chi connectivity index (χ3n) is 4.98. The molecule has 176 valence electrons. The van der Waals surface area contributed by atoms with Crippen LogP contribution in [0.15, 0.2) is 51.3 Å². The minimum atomic E-state index is -0.374. The highest BCUT2D eigenvalue weighted by atomic mass is 32.2. The second-order valence-electron chi connectivity index (χ2n) is 7.20. The number of thioether (sulfide) groups is 2. The largest absolute Gasteiger partial charge is 0.469 e. The molecular formula is C22H22N6O4S2. The van der Waals surface area contributed by atoms with Crippen molar-refractivity contribution < 1.29 is 18.8 Å². The molecule has 34 heavy (non-hydrogen) atoms. The summed E-state index contributed by atoms with van der Waals surface area (Å²) in [7, 11) is 0. The van der Waals surface area contributed by atoms with Gasteiger partial charge >= 0.3 is 0 Å². The summed E-state index contributed by atoms with van der Waals surface area (Å²) in [6.07, 6.45) is 6.49. The van der Waals surface area contributed by atoms with Crippen LogP contribution in [0.5, 0.6) is 0 Å². The fraction of sp³-hybridized carbons (Fsp3) is 0.273. The van der Waals surface area contributed by atoms with E-state index in [1.807, 2.05) is 24.5 Å². The van der Waals surface area contributed by atoms with Gasteiger partial charge in [0.05, 0.1) is 22.5 Å². The Bertz CT molecular complexity index is 1240. The normalized spacial score (nSPS) is 14.9. The van der Waals surface area contributed by atoms with Crippen LogP contribution in [-0.4, -0.2) is 60.5 Å². The molecule has 4 heterocycles. The average molecular weight is 499 g/mol. The van der Waals surface area contributed by atoms with Crippen molar-refractivity contribution in [1.29, 1.82) is 0 Å². The fourth-order valence-electron chi connectivity index (χ4n) is 3.29. The van der Waals surface area contributed by atoms with Crippen LogP contribution in [0.3, 0.4) is 0 Å². The second kappa shape index (κ2) is 10.7. The summed E-state index contributed by atoms with van der Waals surface area (Å²) in [5.74, 6) is 0.968. The van der Waals surface area contributed by atoms with E-state index in [-0.39, 0.29) is 35.9 Å². The highest BCUT2D eigenvalue weighted by Crippen LogP contribution is 2.31. The van der Waals surface area contributed by atoms with Gasteiger partial charge in [-0.2, -0.15) is 0 Å². The number of furan rings is 1. The number of nitrogens with zero attached hydrogens (tertiary/aromatic N) is 5. The van der Waals surface area contributed by atoms with Crippen molar-refractivity contribution in [2.24, 2.45) is 0 Å². The predicted molar refractivity (Wildman–Crippen MR) is 129 cm³/mol. The molecule has 10 nitrogen and oxygen atoms in total. The van der Waals surface area contributed by atoms with Crippen molar-refractivity contribution in [3.05, 3.63) is 53.1 Å². The highest BCUT2D eigenvalue weighted by molar-refractivity contribution is 8.18. The standard InChI is InChI=1S/C22H22N6O4S2/c1-3-27-19(16-6-10-32-14(16)2)25-26-21(27)33-13-18(29)24-8-9-28-20(30)17(34-22(28)31)11-15-5-4-7-23-12-15/h4-7,10-12H,3,8-9,13H2,1-2H3,(H,24,29)/b17-11-. The molecule has 3 aromatic rings. The van der Waals surface area contributed by atoms with Gasteiger partial charge in [-0.25, -0.2) is 0 Å². The van der Waals surface area contributed by atoms with Gasteiger partial charge in [0.2, 0.25) is 5.91 Å². The van der Waals surface area contributed by atoms with Gasteiger partial charge in [0.25, 0.3) is 11.1 Å². The van der Waals surface area contributed by atoms with E-state index in [0.29, 0.717) is 22.4 Å². The van der Waals surface area contributed by atoms with Crippen LogP contribution in [0.2, 0.25) is 0 Å². The molecule has 0 saturated carbocycles. The van der Waals surface area contributed by atoms with E-state index < -0.39 is 0 Å². The van der Waals surface area contributed by atoms with Gasteiger partial charge in [0.1, 0.15) is 5.76 Å². The molecule has 0 radical (unpaired) electrons. The SMILES string of the molecule is CCn1c(SCC(=O)NCCN2C(=O)S/C(=C\c3cccnc3)C2=O)nnc1-c1ccoc1C. The van der Waals surface area contributed by atoms with Crippen LogP contribution in [-0.2, 0) is 16.1 Å². The predicted octanol–water partition coefficient (Wildman–Crippen LogP) is 3.21. The van der Waals surface area contributed by atoms with Crippen LogP contribution in [0.25, 0.3) is 17.5 Å². The van der Waals surface area contributed by atoms with Gasteiger partial charge in [-0.05, 0) is 49.4 Å². The lowest BCUT2D eigenvalue weighted by atomic mass is 10.2. The smallest absolute Gasteiger partial charge is 0.293 e. The van der Waals surface area contributed by atoms with Crippen LogP contribution in [0, 0.1) is 6.92 Å². The van der Waals surface area contributed by atoms with Gasteiger partial charge < -0.3 is 14.3 Å². The Kier molecular flexibility index (Phi) is 7.48. The van der Waals surface area contributed by atoms with Crippen LogP contribution < -0.4 is 5.32 Å². The Hall–Kier alpha value is -3.38. The van der Waals surface area contributed by atoms with E-state index in [9.17, 15) is 14.4 Å². The summed E-state index contributed by atoms with van der Waals surface area (Å²) < 4.78 is 7.27. The molecule has 0 aromatic carbocycles. The lowest BCUT2D eigenvalue weighted by Crippen LogP contribution is -2.37. The Balaban J connectivity index is 1.28. The first-order valence-corrected chi connectivity index (χ1v) is 12.3. The second-order valence-corrected chi connectivity index (χ2v) is 9.13. The maximum absolute atomic E-state index is 12.6. The van der Waals surface area contributed by atoms with Crippen molar-refractivity contribution in [3.8, 4) is 11.4 Å². The number of carbonyl (C=O) groups excluding carboxylic acids is 3. The summed E-state index contributed by atoms with van der Waals surface area (Å²) in [6.45, 7) is 4.74. The molecule has 1 saturated heterocycles. The van der Waals surface area contributed by atoms with E-state index in [1.54, 1.807) is 36.9 Å². The van der Waals surface area contributed by atoms with Gasteiger partial charge in [-0.3, -0.25) is 24.3 Å². The van der Waals surface area contributed by atoms with Crippen LogP contribution in [0.1, 0.15) is 18.2 Å². The molecule has 3 amide bonds. The fourth-order valence-corrected chi connectivity index (χ4v) is 4.99. The van der Waals surface area contributed by atoms with Crippen molar-refractivity contribution in [2.45, 2.75) is 25.5 Å². The van der Waals surface area contributed by atoms with E-state index >= 15 is 0 Å². The summed E-state index contributed by atoms with van der Waals surface area (Å²) in [6, 6.07) is 5.40. The zero-order valence-corrected chi connectivity index (χ0v) is 20.2. The molecule has 1 N–H and O–H groups in total. The van der Waals surface area contributed by atoms with Gasteiger partial charge in [0, 0.05) is 32.0 Å². The number of aryl methyl sites for hydroxylation is 1. The Morgan fingerprint density at radius 1 is 1.29 bits per heavy atom. The monoisotopic (exact) mass is 498 g/mol. The first kappa shape index (κ1) is 23.8. The Morgan fingerprint density at radius 2 is 2.15 bits per heavy atom. The van der Waals surface area contributed by atoms with E-state index in [4.69, 9.17) is 4.42 Å². The number of pyridine rings is 1. The van der Waals surface area contributed by atoms with Gasteiger partial charge in [0.15, 0.2) is 11.0 Å². The Labute approximate surface area is 204 Å². The summed E-state index contributed by atoms with van der Waals surface area (Å²) >= 11 is 2.15. The topological polar surface area (TPSA) is 123 Å². The van der Waals surface area contributed by atoms with Crippen molar-refractivity contribution in [1.82, 2.24) is 30.0 Å². The molecule has 0 spiro atoms. The van der Waals surface area contributed by atoms with Crippen molar-refractivity contribution in [2.75, 3.05) is 18.8 Å². The van der Waals surface area contributed by atoms with Crippen molar-refractivity contribution in [3.63, 3.8) is 0 Å². The molecule has 4 rings (SSSR count).